The molecule has 39 heavy (non-hydrogen) atoms. The monoisotopic (exact) mass is 564 g/mol. The van der Waals surface area contributed by atoms with Crippen LogP contribution in [-0.2, 0) is 0 Å². The van der Waals surface area contributed by atoms with Crippen LogP contribution in [0.25, 0.3) is 0 Å². The number of aliphatic hydroxyl groups excluding tert-OH is 1. The van der Waals surface area contributed by atoms with Crippen LogP contribution in [-0.4, -0.2) is 95.1 Å². The highest BCUT2D eigenvalue weighted by Gasteiger charge is 2.24. The first-order valence-corrected chi connectivity index (χ1v) is 15.2. The highest BCUT2D eigenvalue weighted by Crippen LogP contribution is 2.43. The summed E-state index contributed by atoms with van der Waals surface area (Å²) in [5.74, 6) is 1.18. The third-order valence-corrected chi connectivity index (χ3v) is 10.3. The summed E-state index contributed by atoms with van der Waals surface area (Å²) in [6, 6.07) is 14.8. The Balaban J connectivity index is 1.54. The molecule has 0 amide bonds. The fourth-order valence-corrected chi connectivity index (χ4v) is 7.73. The average Bonchev–Trinajstić information content (AvgIpc) is 2.91. The van der Waals surface area contributed by atoms with E-state index in [1.165, 1.54) is 0 Å². The van der Waals surface area contributed by atoms with E-state index in [0.717, 1.165) is 54.0 Å². The molecule has 13 heteroatoms. The van der Waals surface area contributed by atoms with Crippen molar-refractivity contribution in [3.63, 3.8) is 0 Å². The zero-order valence-corrected chi connectivity index (χ0v) is 25.3. The number of anilines is 5. The van der Waals surface area contributed by atoms with Crippen molar-refractivity contribution in [2.75, 3.05) is 49.8 Å². The van der Waals surface area contributed by atoms with Gasteiger partial charge in [-0.3, -0.25) is 0 Å². The zero-order chi connectivity index (χ0) is 28.1. The molecule has 2 unspecified atom stereocenters. The molecule has 1 aliphatic rings. The number of methoxy groups -OCH3 is 1. The third-order valence-electron chi connectivity index (χ3n) is 7.13. The second-order valence-corrected chi connectivity index (χ2v) is 13.8. The molecule has 4 rings (SSSR count). The molecule has 1 saturated heterocycles. The largest absolute Gasteiger partial charge is 0.494 e. The van der Waals surface area contributed by atoms with E-state index in [1.807, 2.05) is 32.1 Å². The van der Waals surface area contributed by atoms with Crippen molar-refractivity contribution in [1.29, 1.82) is 0 Å². The molecule has 2 heterocycles. The van der Waals surface area contributed by atoms with Gasteiger partial charge in [-0.25, -0.2) is 4.98 Å². The van der Waals surface area contributed by atoms with Gasteiger partial charge in [-0.1, -0.05) is 43.2 Å². The van der Waals surface area contributed by atoms with Gasteiger partial charge in [0.25, 0.3) is 0 Å². The van der Waals surface area contributed by atoms with E-state index < -0.39 is 13.7 Å². The van der Waals surface area contributed by atoms with Crippen molar-refractivity contribution in [3.05, 3.63) is 53.7 Å². The van der Waals surface area contributed by atoms with Crippen molar-refractivity contribution in [3.8, 4) is 5.75 Å². The minimum Gasteiger partial charge on any atom is -0.494 e. The summed E-state index contributed by atoms with van der Waals surface area (Å²) in [6.45, 7) is 2.03. The van der Waals surface area contributed by atoms with Crippen molar-refractivity contribution >= 4 is 77.2 Å². The Morgan fingerprint density at radius 2 is 1.82 bits per heavy atom. The first-order valence-electron chi connectivity index (χ1n) is 13.4. The highest BCUT2D eigenvalue weighted by atomic mass is 35.5. The molecule has 0 radical (unpaired) electrons. The van der Waals surface area contributed by atoms with E-state index in [0.29, 0.717) is 28.3 Å². The summed E-state index contributed by atoms with van der Waals surface area (Å²) in [5.41, 5.74) is 3.11. The van der Waals surface area contributed by atoms with Crippen LogP contribution in [0, 0.1) is 0 Å². The maximum atomic E-state index is 10.5. The Bertz CT molecular complexity index is 1260. The molecular formula is C26H37B3ClN6O2P. The molecule has 2 atom stereocenters. The number of aliphatic hydroxyl groups is 1. The lowest BCUT2D eigenvalue weighted by molar-refractivity contribution is 0.249. The van der Waals surface area contributed by atoms with Gasteiger partial charge in [-0.15, -0.1) is 0 Å². The molecule has 0 bridgehead atoms. The summed E-state index contributed by atoms with van der Waals surface area (Å²) < 4.78 is 5.73. The average molecular weight is 564 g/mol. The highest BCUT2D eigenvalue weighted by molar-refractivity contribution is 7.71. The van der Waals surface area contributed by atoms with Gasteiger partial charge in [-0.05, 0) is 45.1 Å². The quantitative estimate of drug-likeness (QED) is 0.254. The fourth-order valence-electron chi connectivity index (χ4n) is 5.10. The van der Waals surface area contributed by atoms with Crippen molar-refractivity contribution < 1.29 is 9.84 Å². The van der Waals surface area contributed by atoms with Gasteiger partial charge in [-0.2, -0.15) is 4.98 Å². The summed E-state index contributed by atoms with van der Waals surface area (Å²) in [4.78, 5) is 13.8. The Hall–Kier alpha value is -2.45. The minimum absolute atomic E-state index is 0.316. The Kier molecular flexibility index (Phi) is 10.1. The molecule has 3 aromatic rings. The summed E-state index contributed by atoms with van der Waals surface area (Å²) in [6.07, 6.45) is 3.86. The van der Waals surface area contributed by atoms with Crippen LogP contribution in [0.3, 0.4) is 0 Å². The summed E-state index contributed by atoms with van der Waals surface area (Å²) in [5, 5.41) is 18.7. The maximum absolute atomic E-state index is 10.5. The van der Waals surface area contributed by atoms with Crippen LogP contribution in [0.5, 0.6) is 5.75 Å². The number of halogens is 1. The molecule has 204 valence electrons. The lowest BCUT2D eigenvalue weighted by atomic mass is 9.86. The summed E-state index contributed by atoms with van der Waals surface area (Å²) >= 11 is 6.51. The fraction of sp³-hybridized carbons (Fsp3) is 0.385. The number of nitrogens with one attached hydrogen (secondary N) is 2. The minimum atomic E-state index is -0.801. The first kappa shape index (κ1) is 29.5. The number of aromatic nitrogens is 2. The van der Waals surface area contributed by atoms with Crippen LogP contribution in [0.2, 0.25) is 5.02 Å². The van der Waals surface area contributed by atoms with Crippen molar-refractivity contribution in [2.45, 2.75) is 30.1 Å². The molecule has 0 aliphatic carbocycles. The number of piperidine rings is 1. The van der Waals surface area contributed by atoms with E-state index in [9.17, 15) is 5.11 Å². The maximum Gasteiger partial charge on any atom is 0.229 e. The smallest absolute Gasteiger partial charge is 0.229 e. The number of nitrogens with zero attached hydrogens (tertiary/aromatic N) is 4. The molecule has 0 spiro atoms. The lowest BCUT2D eigenvalue weighted by Gasteiger charge is -2.36. The molecule has 2 aromatic carbocycles. The van der Waals surface area contributed by atoms with Crippen LogP contribution in [0.4, 0.5) is 28.8 Å². The van der Waals surface area contributed by atoms with E-state index in [2.05, 4.69) is 78.4 Å². The molecule has 1 fully saturated rings. The standard InChI is InChI=1S/C26H37B3ClN6O2P/c1-35(2)16-10-12-36(13-11-16)17-8-9-19(21(14-17)38-3)33-26-31-15-18(30)23(34-26)32-20-6-4-5-7-22(20)39(24(27)28)25(29)37/h4-9,14-16,24-25,37H,10-13,27-29H2,1-3H3,(H2,31,32,33,34). The predicted octanol–water partition coefficient (Wildman–Crippen LogP) is 1.72. The van der Waals surface area contributed by atoms with E-state index in [-0.39, 0.29) is 0 Å². The topological polar surface area (TPSA) is 85.8 Å². The first-order chi connectivity index (χ1) is 18.7. The number of hydrogen-bond acceptors (Lipinski definition) is 8. The van der Waals surface area contributed by atoms with Crippen molar-refractivity contribution in [2.24, 2.45) is 0 Å². The summed E-state index contributed by atoms with van der Waals surface area (Å²) in [7, 11) is 11.3. The predicted molar refractivity (Wildman–Crippen MR) is 174 cm³/mol. The normalized spacial score (nSPS) is 15.8. The number of ether oxygens (including phenoxy) is 1. The Morgan fingerprint density at radius 1 is 1.10 bits per heavy atom. The van der Waals surface area contributed by atoms with Crippen LogP contribution in [0.15, 0.2) is 48.7 Å². The number of hydrogen-bond donors (Lipinski definition) is 3. The van der Waals surface area contributed by atoms with E-state index >= 15 is 0 Å². The van der Waals surface area contributed by atoms with E-state index in [1.54, 1.807) is 13.3 Å². The van der Waals surface area contributed by atoms with Crippen LogP contribution in [0.1, 0.15) is 12.8 Å². The van der Waals surface area contributed by atoms with Gasteiger partial charge in [0.1, 0.15) is 34.3 Å². The Labute approximate surface area is 240 Å². The van der Waals surface area contributed by atoms with Crippen LogP contribution >= 0.6 is 19.5 Å². The molecule has 1 aliphatic heterocycles. The van der Waals surface area contributed by atoms with Gasteiger partial charge in [0.2, 0.25) is 5.95 Å². The molecular weight excluding hydrogens is 527 g/mol. The SMILES string of the molecule is BC(B)P(c1ccccc1Nc1nc(Nc2ccc(N3CCC(N(C)C)CC3)cc2OC)ncc1Cl)C(B)O. The molecule has 1 aromatic heterocycles. The third kappa shape index (κ3) is 7.20. The van der Waals surface area contributed by atoms with Crippen molar-refractivity contribution in [1.82, 2.24) is 14.9 Å². The van der Waals surface area contributed by atoms with Gasteiger partial charge in [0.15, 0.2) is 5.82 Å². The second-order valence-electron chi connectivity index (χ2n) is 10.4. The molecule has 0 saturated carbocycles. The lowest BCUT2D eigenvalue weighted by Crippen LogP contribution is -2.41. The van der Waals surface area contributed by atoms with Gasteiger partial charge in [0, 0.05) is 47.6 Å². The number of para-hydroxylation sites is 1. The second kappa shape index (κ2) is 13.3. The van der Waals surface area contributed by atoms with Crippen LogP contribution < -0.4 is 25.6 Å². The van der Waals surface area contributed by atoms with Gasteiger partial charge >= 0.3 is 0 Å². The van der Waals surface area contributed by atoms with Gasteiger partial charge < -0.3 is 30.3 Å². The Morgan fingerprint density at radius 3 is 2.46 bits per heavy atom. The molecule has 3 N–H and O–H groups in total. The number of rotatable bonds is 10. The zero-order valence-electron chi connectivity index (χ0n) is 23.6. The molecule has 8 nitrogen and oxygen atoms in total. The van der Waals surface area contributed by atoms with Gasteiger partial charge in [0.05, 0.1) is 19.0 Å². The van der Waals surface area contributed by atoms with E-state index in [4.69, 9.17) is 16.3 Å². The number of benzene rings is 2.